The minimum absolute atomic E-state index is 0.206. The van der Waals surface area contributed by atoms with E-state index in [9.17, 15) is 4.79 Å². The van der Waals surface area contributed by atoms with Crippen molar-refractivity contribution < 1.29 is 14.1 Å². The molecule has 0 aliphatic carbocycles. The third-order valence-electron chi connectivity index (χ3n) is 4.22. The van der Waals surface area contributed by atoms with Crippen molar-refractivity contribution in [1.29, 1.82) is 0 Å². The number of nitrogens with one attached hydrogen (secondary N) is 1. The van der Waals surface area contributed by atoms with Gasteiger partial charge in [0, 0.05) is 11.1 Å². The highest BCUT2D eigenvalue weighted by Gasteiger charge is 2.16. The molecule has 0 fully saturated rings. The van der Waals surface area contributed by atoms with Gasteiger partial charge in [0.25, 0.3) is 11.8 Å². The van der Waals surface area contributed by atoms with Gasteiger partial charge in [-0.1, -0.05) is 35.5 Å². The average molecular weight is 371 g/mol. The van der Waals surface area contributed by atoms with E-state index in [2.05, 4.69) is 15.5 Å². The van der Waals surface area contributed by atoms with Crippen molar-refractivity contribution in [2.45, 2.75) is 0 Å². The molecule has 0 saturated carbocycles. The number of aromatic nitrogens is 2. The van der Waals surface area contributed by atoms with Crippen LogP contribution in [0.3, 0.4) is 0 Å². The molecule has 0 radical (unpaired) electrons. The summed E-state index contributed by atoms with van der Waals surface area (Å²) in [7, 11) is 1.61. The number of nitrogens with zero attached hydrogens (tertiary/aromatic N) is 2. The van der Waals surface area contributed by atoms with E-state index in [0.717, 1.165) is 11.3 Å². The first-order valence-corrected chi connectivity index (χ1v) is 8.68. The highest BCUT2D eigenvalue weighted by Crippen LogP contribution is 2.29. The zero-order valence-corrected chi connectivity index (χ0v) is 15.1. The van der Waals surface area contributed by atoms with Gasteiger partial charge in [-0.2, -0.15) is 4.98 Å². The number of rotatable bonds is 5. The normalized spacial score (nSPS) is 10.5. The van der Waals surface area contributed by atoms with E-state index >= 15 is 0 Å². The molecule has 1 aromatic heterocycles. The summed E-state index contributed by atoms with van der Waals surface area (Å²) in [6.07, 6.45) is 0. The van der Waals surface area contributed by atoms with Crippen molar-refractivity contribution in [3.05, 3.63) is 84.4 Å². The second kappa shape index (κ2) is 7.75. The maximum atomic E-state index is 12.5. The van der Waals surface area contributed by atoms with Gasteiger partial charge in [0.05, 0.1) is 18.4 Å². The second-order valence-electron chi connectivity index (χ2n) is 6.02. The molecular formula is C22H17N3O3. The van der Waals surface area contributed by atoms with Crippen LogP contribution in [0.4, 0.5) is 5.69 Å². The zero-order valence-electron chi connectivity index (χ0n) is 15.1. The van der Waals surface area contributed by atoms with Crippen LogP contribution in [0.5, 0.6) is 5.75 Å². The molecule has 0 unspecified atom stereocenters. The molecule has 4 rings (SSSR count). The number of hydrogen-bond acceptors (Lipinski definition) is 5. The minimum atomic E-state index is -0.206. The Morgan fingerprint density at radius 3 is 2.39 bits per heavy atom. The van der Waals surface area contributed by atoms with Gasteiger partial charge in [0.15, 0.2) is 0 Å². The van der Waals surface area contributed by atoms with Crippen LogP contribution >= 0.6 is 0 Å². The number of ether oxygens (including phenoxy) is 1. The molecule has 28 heavy (non-hydrogen) atoms. The molecule has 0 aliphatic heterocycles. The average Bonchev–Trinajstić information content (AvgIpc) is 3.25. The van der Waals surface area contributed by atoms with Gasteiger partial charge < -0.3 is 14.6 Å². The largest absolute Gasteiger partial charge is 0.497 e. The number of hydrogen-bond donors (Lipinski definition) is 1. The van der Waals surface area contributed by atoms with Crippen LogP contribution < -0.4 is 10.1 Å². The lowest BCUT2D eigenvalue weighted by Gasteiger charge is -2.08. The van der Waals surface area contributed by atoms with Crippen molar-refractivity contribution >= 4 is 11.6 Å². The lowest BCUT2D eigenvalue weighted by Crippen LogP contribution is -2.12. The van der Waals surface area contributed by atoms with E-state index in [1.165, 1.54) is 0 Å². The maximum Gasteiger partial charge on any atom is 0.260 e. The van der Waals surface area contributed by atoms with Crippen LogP contribution in [0.1, 0.15) is 10.4 Å². The lowest BCUT2D eigenvalue weighted by molar-refractivity contribution is 0.102. The molecule has 6 heteroatoms. The summed E-state index contributed by atoms with van der Waals surface area (Å²) in [5.74, 6) is 1.33. The Hall–Kier alpha value is -3.93. The predicted molar refractivity (Wildman–Crippen MR) is 106 cm³/mol. The molecule has 0 atom stereocenters. The summed E-state index contributed by atoms with van der Waals surface area (Å²) in [6.45, 7) is 0. The van der Waals surface area contributed by atoms with Gasteiger partial charge in [0.1, 0.15) is 5.75 Å². The Morgan fingerprint density at radius 2 is 1.64 bits per heavy atom. The van der Waals surface area contributed by atoms with Crippen molar-refractivity contribution in [3.8, 4) is 28.6 Å². The number of benzene rings is 3. The molecule has 3 aromatic carbocycles. The second-order valence-corrected chi connectivity index (χ2v) is 6.02. The first-order valence-electron chi connectivity index (χ1n) is 8.68. The highest BCUT2D eigenvalue weighted by molar-refractivity contribution is 6.05. The van der Waals surface area contributed by atoms with Crippen LogP contribution in [0, 0.1) is 0 Å². The summed E-state index contributed by atoms with van der Waals surface area (Å²) < 4.78 is 10.6. The van der Waals surface area contributed by atoms with Crippen molar-refractivity contribution in [3.63, 3.8) is 0 Å². The van der Waals surface area contributed by atoms with E-state index in [4.69, 9.17) is 9.26 Å². The quantitative estimate of drug-likeness (QED) is 0.552. The molecule has 0 saturated heterocycles. The number of carbonyl (C=O) groups excluding carboxylic acids is 1. The van der Waals surface area contributed by atoms with Gasteiger partial charge >= 0.3 is 0 Å². The molecule has 1 amide bonds. The fraction of sp³-hybridized carbons (Fsp3) is 0.0455. The summed E-state index contributed by atoms with van der Waals surface area (Å²) in [6, 6.07) is 23.7. The molecular weight excluding hydrogens is 354 g/mol. The monoisotopic (exact) mass is 371 g/mol. The zero-order chi connectivity index (χ0) is 19.3. The summed E-state index contributed by atoms with van der Waals surface area (Å²) in [5, 5.41) is 6.96. The smallest absolute Gasteiger partial charge is 0.260 e. The molecule has 0 bridgehead atoms. The fourth-order valence-corrected chi connectivity index (χ4v) is 2.75. The molecule has 0 spiro atoms. The summed E-state index contributed by atoms with van der Waals surface area (Å²) in [4.78, 5) is 17.0. The topological polar surface area (TPSA) is 77.3 Å². The standard InChI is InChI=1S/C22H17N3O3/c1-27-17-13-11-15(12-14-17)20-24-22(28-25-20)18-9-5-6-10-19(18)23-21(26)16-7-3-2-4-8-16/h2-14H,1H3,(H,23,26). The van der Waals surface area contributed by atoms with Crippen LogP contribution in [-0.4, -0.2) is 23.2 Å². The Morgan fingerprint density at radius 1 is 0.929 bits per heavy atom. The van der Waals surface area contributed by atoms with E-state index in [1.54, 1.807) is 25.3 Å². The predicted octanol–water partition coefficient (Wildman–Crippen LogP) is 4.66. The van der Waals surface area contributed by atoms with Crippen LogP contribution in [0.25, 0.3) is 22.8 Å². The molecule has 1 N–H and O–H groups in total. The van der Waals surface area contributed by atoms with Crippen molar-refractivity contribution in [1.82, 2.24) is 10.1 Å². The summed E-state index contributed by atoms with van der Waals surface area (Å²) in [5.41, 5.74) is 2.63. The molecule has 0 aliphatic rings. The third kappa shape index (κ3) is 3.61. The molecule has 4 aromatic rings. The minimum Gasteiger partial charge on any atom is -0.497 e. The first-order chi connectivity index (χ1) is 13.7. The number of para-hydroxylation sites is 1. The lowest BCUT2D eigenvalue weighted by atomic mass is 10.1. The number of amides is 1. The van der Waals surface area contributed by atoms with Gasteiger partial charge in [-0.25, -0.2) is 0 Å². The van der Waals surface area contributed by atoms with Gasteiger partial charge in [-0.3, -0.25) is 4.79 Å². The molecule has 138 valence electrons. The Labute approximate surface area is 161 Å². The maximum absolute atomic E-state index is 12.5. The number of methoxy groups -OCH3 is 1. The van der Waals surface area contributed by atoms with Crippen molar-refractivity contribution in [2.75, 3.05) is 12.4 Å². The number of carbonyl (C=O) groups is 1. The van der Waals surface area contributed by atoms with E-state index in [1.807, 2.05) is 60.7 Å². The van der Waals surface area contributed by atoms with Crippen LogP contribution in [0.2, 0.25) is 0 Å². The van der Waals surface area contributed by atoms with Gasteiger partial charge in [-0.05, 0) is 48.5 Å². The van der Waals surface area contributed by atoms with E-state index < -0.39 is 0 Å². The third-order valence-corrected chi connectivity index (χ3v) is 4.22. The Bertz CT molecular complexity index is 1090. The Balaban J connectivity index is 1.62. The summed E-state index contributed by atoms with van der Waals surface area (Å²) >= 11 is 0. The molecule has 1 heterocycles. The Kier molecular flexibility index (Phi) is 4.84. The van der Waals surface area contributed by atoms with Crippen LogP contribution in [0.15, 0.2) is 83.4 Å². The van der Waals surface area contributed by atoms with Crippen LogP contribution in [-0.2, 0) is 0 Å². The van der Waals surface area contributed by atoms with E-state index in [-0.39, 0.29) is 5.91 Å². The van der Waals surface area contributed by atoms with Gasteiger partial charge in [0.2, 0.25) is 5.82 Å². The molecule has 6 nitrogen and oxygen atoms in total. The number of anilines is 1. The fourth-order valence-electron chi connectivity index (χ4n) is 2.75. The first kappa shape index (κ1) is 17.5. The van der Waals surface area contributed by atoms with Crippen molar-refractivity contribution in [2.24, 2.45) is 0 Å². The SMILES string of the molecule is COc1ccc(-c2noc(-c3ccccc3NC(=O)c3ccccc3)n2)cc1. The van der Waals surface area contributed by atoms with E-state index in [0.29, 0.717) is 28.5 Å². The van der Waals surface area contributed by atoms with Gasteiger partial charge in [-0.15, -0.1) is 0 Å². The highest BCUT2D eigenvalue weighted by atomic mass is 16.5.